The first-order valence-electron chi connectivity index (χ1n) is 7.03. The molecule has 108 valence electrons. The Labute approximate surface area is 113 Å². The zero-order valence-electron chi connectivity index (χ0n) is 11.5. The van der Waals surface area contributed by atoms with Crippen LogP contribution < -0.4 is 5.32 Å². The molecular formula is C13H23N3O3. The van der Waals surface area contributed by atoms with E-state index in [1.807, 2.05) is 0 Å². The quantitative estimate of drug-likeness (QED) is 0.786. The predicted molar refractivity (Wildman–Crippen MR) is 71.0 cm³/mol. The molecule has 0 bridgehead atoms. The van der Waals surface area contributed by atoms with Crippen molar-refractivity contribution in [2.24, 2.45) is 5.92 Å². The Morgan fingerprint density at radius 3 is 2.63 bits per heavy atom. The van der Waals surface area contributed by atoms with Gasteiger partial charge in [-0.15, -0.1) is 0 Å². The van der Waals surface area contributed by atoms with Gasteiger partial charge in [0, 0.05) is 25.7 Å². The molecule has 0 aliphatic carbocycles. The Hall–Kier alpha value is -1.30. The van der Waals surface area contributed by atoms with Crippen molar-refractivity contribution in [3.8, 4) is 0 Å². The molecule has 0 aromatic carbocycles. The topological polar surface area (TPSA) is 72.9 Å². The Kier molecular flexibility index (Phi) is 4.63. The van der Waals surface area contributed by atoms with Crippen molar-refractivity contribution in [1.29, 1.82) is 0 Å². The van der Waals surface area contributed by atoms with Crippen molar-refractivity contribution in [3.63, 3.8) is 0 Å². The summed E-state index contributed by atoms with van der Waals surface area (Å²) in [6.07, 6.45) is 3.74. The summed E-state index contributed by atoms with van der Waals surface area (Å²) in [6, 6.07) is 0.301. The average molecular weight is 269 g/mol. The number of likely N-dealkylation sites (tertiary alicyclic amines) is 2. The summed E-state index contributed by atoms with van der Waals surface area (Å²) in [5.74, 6) is -1.21. The summed E-state index contributed by atoms with van der Waals surface area (Å²) >= 11 is 0. The number of likely N-dealkylation sites (N-methyl/N-ethyl adjacent to an activating group) is 1. The zero-order valence-corrected chi connectivity index (χ0v) is 11.5. The van der Waals surface area contributed by atoms with Gasteiger partial charge in [0.1, 0.15) is 0 Å². The Balaban J connectivity index is 1.77. The van der Waals surface area contributed by atoms with Gasteiger partial charge in [0.2, 0.25) is 0 Å². The minimum absolute atomic E-state index is 0.119. The second kappa shape index (κ2) is 6.23. The van der Waals surface area contributed by atoms with Gasteiger partial charge in [0.25, 0.3) is 0 Å². The third-order valence-corrected chi connectivity index (χ3v) is 4.22. The third-order valence-electron chi connectivity index (χ3n) is 4.22. The molecular weight excluding hydrogens is 246 g/mol. The second-order valence-corrected chi connectivity index (χ2v) is 5.59. The van der Waals surface area contributed by atoms with E-state index in [0.717, 1.165) is 19.4 Å². The van der Waals surface area contributed by atoms with E-state index in [1.54, 1.807) is 4.90 Å². The summed E-state index contributed by atoms with van der Waals surface area (Å²) < 4.78 is 0. The molecule has 6 nitrogen and oxygen atoms in total. The van der Waals surface area contributed by atoms with E-state index in [1.165, 1.54) is 6.42 Å². The Morgan fingerprint density at radius 1 is 1.26 bits per heavy atom. The minimum Gasteiger partial charge on any atom is -0.481 e. The molecule has 2 amide bonds. The number of nitrogens with zero attached hydrogens (tertiary/aromatic N) is 2. The van der Waals surface area contributed by atoms with Crippen molar-refractivity contribution in [2.45, 2.75) is 31.7 Å². The van der Waals surface area contributed by atoms with Gasteiger partial charge < -0.3 is 20.2 Å². The van der Waals surface area contributed by atoms with E-state index in [4.69, 9.17) is 5.11 Å². The lowest BCUT2D eigenvalue weighted by molar-refractivity contribution is -0.143. The molecule has 2 atom stereocenters. The van der Waals surface area contributed by atoms with Crippen LogP contribution in [-0.2, 0) is 4.79 Å². The molecule has 2 rings (SSSR count). The van der Waals surface area contributed by atoms with Crippen LogP contribution in [0.3, 0.4) is 0 Å². The van der Waals surface area contributed by atoms with Crippen molar-refractivity contribution in [2.75, 3.05) is 33.2 Å². The Morgan fingerprint density at radius 2 is 2.00 bits per heavy atom. The summed E-state index contributed by atoms with van der Waals surface area (Å²) in [5, 5.41) is 11.9. The van der Waals surface area contributed by atoms with Gasteiger partial charge >= 0.3 is 12.0 Å². The van der Waals surface area contributed by atoms with E-state index in [2.05, 4.69) is 17.3 Å². The van der Waals surface area contributed by atoms with Crippen molar-refractivity contribution >= 4 is 12.0 Å². The fourth-order valence-corrected chi connectivity index (χ4v) is 2.92. The molecule has 0 saturated carbocycles. The number of nitrogens with one attached hydrogen (secondary N) is 1. The monoisotopic (exact) mass is 269 g/mol. The molecule has 2 aliphatic rings. The number of urea groups is 1. The van der Waals surface area contributed by atoms with Crippen LogP contribution in [0.25, 0.3) is 0 Å². The first-order valence-corrected chi connectivity index (χ1v) is 7.03. The molecule has 0 spiro atoms. The fraction of sp³-hybridized carbons (Fsp3) is 0.846. The van der Waals surface area contributed by atoms with Crippen molar-refractivity contribution in [1.82, 2.24) is 15.1 Å². The number of aliphatic carboxylic acids is 1. The number of hydrogen-bond donors (Lipinski definition) is 2. The van der Waals surface area contributed by atoms with E-state index in [0.29, 0.717) is 32.1 Å². The van der Waals surface area contributed by atoms with Crippen LogP contribution in [0, 0.1) is 5.92 Å². The normalized spacial score (nSPS) is 28.4. The number of rotatable bonds is 3. The smallest absolute Gasteiger partial charge is 0.317 e. The van der Waals surface area contributed by atoms with Crippen molar-refractivity contribution in [3.05, 3.63) is 0 Å². The summed E-state index contributed by atoms with van der Waals surface area (Å²) in [5.41, 5.74) is 0. The van der Waals surface area contributed by atoms with Crippen LogP contribution in [-0.4, -0.2) is 66.2 Å². The Bertz CT molecular complexity index is 348. The SMILES string of the molecule is CN1CCCC1CNC(=O)N1CCCC(C(=O)O)C1. The first kappa shape index (κ1) is 14.1. The van der Waals surface area contributed by atoms with Crippen LogP contribution in [0.2, 0.25) is 0 Å². The van der Waals surface area contributed by atoms with Crippen LogP contribution in [0.1, 0.15) is 25.7 Å². The van der Waals surface area contributed by atoms with Gasteiger partial charge in [-0.05, 0) is 39.3 Å². The van der Waals surface area contributed by atoms with Crippen LogP contribution in [0.5, 0.6) is 0 Å². The first-order chi connectivity index (χ1) is 9.08. The number of carboxylic acid groups (broad SMARTS) is 1. The van der Waals surface area contributed by atoms with Crippen LogP contribution >= 0.6 is 0 Å². The molecule has 6 heteroatoms. The highest BCUT2D eigenvalue weighted by Crippen LogP contribution is 2.17. The molecule has 2 unspecified atom stereocenters. The maximum atomic E-state index is 12.0. The number of carboxylic acids is 1. The van der Waals surface area contributed by atoms with E-state index >= 15 is 0 Å². The lowest BCUT2D eigenvalue weighted by Crippen LogP contribution is -2.49. The molecule has 19 heavy (non-hydrogen) atoms. The van der Waals surface area contributed by atoms with Gasteiger partial charge in [-0.25, -0.2) is 4.79 Å². The standard InChI is InChI=1S/C13H23N3O3/c1-15-6-3-5-11(15)8-14-13(19)16-7-2-4-10(9-16)12(17)18/h10-11H,2-9H2,1H3,(H,14,19)(H,17,18). The second-order valence-electron chi connectivity index (χ2n) is 5.59. The van der Waals surface area contributed by atoms with Gasteiger partial charge in [-0.1, -0.05) is 0 Å². The van der Waals surface area contributed by atoms with Crippen molar-refractivity contribution < 1.29 is 14.7 Å². The molecule has 2 N–H and O–H groups in total. The largest absolute Gasteiger partial charge is 0.481 e. The number of amides is 2. The molecule has 0 radical (unpaired) electrons. The highest BCUT2D eigenvalue weighted by molar-refractivity contribution is 5.76. The number of carbonyl (C=O) groups is 2. The van der Waals surface area contributed by atoms with Gasteiger partial charge in [0.05, 0.1) is 5.92 Å². The van der Waals surface area contributed by atoms with Crippen LogP contribution in [0.15, 0.2) is 0 Å². The zero-order chi connectivity index (χ0) is 13.8. The lowest BCUT2D eigenvalue weighted by atomic mass is 9.99. The molecule has 2 heterocycles. The maximum absolute atomic E-state index is 12.0. The molecule has 0 aromatic rings. The van der Waals surface area contributed by atoms with E-state index in [-0.39, 0.29) is 6.03 Å². The fourth-order valence-electron chi connectivity index (χ4n) is 2.92. The van der Waals surface area contributed by atoms with Gasteiger partial charge in [-0.2, -0.15) is 0 Å². The lowest BCUT2D eigenvalue weighted by Gasteiger charge is -2.31. The number of carbonyl (C=O) groups excluding carboxylic acids is 1. The molecule has 2 saturated heterocycles. The third kappa shape index (κ3) is 3.59. The van der Waals surface area contributed by atoms with Gasteiger partial charge in [-0.3, -0.25) is 4.79 Å². The van der Waals surface area contributed by atoms with Crippen LogP contribution in [0.4, 0.5) is 4.79 Å². The van der Waals surface area contributed by atoms with E-state index < -0.39 is 11.9 Å². The average Bonchev–Trinajstić information content (AvgIpc) is 2.81. The minimum atomic E-state index is -0.798. The molecule has 2 aliphatic heterocycles. The predicted octanol–water partition coefficient (Wildman–Crippen LogP) is 0.587. The number of piperidine rings is 1. The summed E-state index contributed by atoms with van der Waals surface area (Å²) in [4.78, 5) is 26.9. The highest BCUT2D eigenvalue weighted by atomic mass is 16.4. The highest BCUT2D eigenvalue weighted by Gasteiger charge is 2.29. The summed E-state index contributed by atoms with van der Waals surface area (Å²) in [7, 11) is 2.07. The molecule has 0 aromatic heterocycles. The number of hydrogen-bond acceptors (Lipinski definition) is 3. The molecule has 2 fully saturated rings. The van der Waals surface area contributed by atoms with E-state index in [9.17, 15) is 9.59 Å². The van der Waals surface area contributed by atoms with Gasteiger partial charge in [0.15, 0.2) is 0 Å². The summed E-state index contributed by atoms with van der Waals surface area (Å²) in [6.45, 7) is 2.74. The maximum Gasteiger partial charge on any atom is 0.317 e.